The van der Waals surface area contributed by atoms with Gasteiger partial charge in [0.15, 0.2) is 0 Å². The number of fused-ring (bicyclic) bond motifs is 1. The SMILES string of the molecule is CN(C(=O)c1ccc2c(c1)C(NC(=O)c1cccc(C(F)(F)F)c1Cl)CCC2)C1CCN(c2ccncc2)CC1. The standard InChI is InChI=1S/C30H30ClF3N4O2/c1-37(21-12-16-38(17-13-21)22-10-14-35-15-11-22)29(40)20-9-8-19-4-2-7-26(24(19)18-20)36-28(39)23-5-3-6-25(27(23)31)30(32,33)34/h3,5-6,8-11,14-15,18,21,26H,2,4,7,12-13,16-17H2,1H3,(H,36,39). The molecule has 1 aromatic heterocycles. The topological polar surface area (TPSA) is 65.5 Å². The molecule has 1 saturated heterocycles. The van der Waals surface area contributed by atoms with Crippen LogP contribution in [0.1, 0.15) is 69.1 Å². The van der Waals surface area contributed by atoms with Crippen molar-refractivity contribution in [2.45, 2.75) is 50.4 Å². The van der Waals surface area contributed by atoms with E-state index in [4.69, 9.17) is 11.6 Å². The number of nitrogens with zero attached hydrogens (tertiary/aromatic N) is 3. The fourth-order valence-corrected chi connectivity index (χ4v) is 6.00. The highest BCUT2D eigenvalue weighted by Gasteiger charge is 2.35. The minimum absolute atomic E-state index is 0.0956. The van der Waals surface area contributed by atoms with Gasteiger partial charge in [-0.2, -0.15) is 13.2 Å². The van der Waals surface area contributed by atoms with Gasteiger partial charge in [0.1, 0.15) is 0 Å². The van der Waals surface area contributed by atoms with Crippen molar-refractivity contribution in [1.29, 1.82) is 0 Å². The van der Waals surface area contributed by atoms with Gasteiger partial charge < -0.3 is 15.1 Å². The Morgan fingerprint density at radius 3 is 2.48 bits per heavy atom. The third-order valence-electron chi connectivity index (χ3n) is 7.92. The van der Waals surface area contributed by atoms with Gasteiger partial charge in [0.2, 0.25) is 0 Å². The average Bonchev–Trinajstić information content (AvgIpc) is 2.96. The van der Waals surface area contributed by atoms with E-state index in [0.29, 0.717) is 12.0 Å². The number of carbonyl (C=O) groups excluding carboxylic acids is 2. The predicted molar refractivity (Wildman–Crippen MR) is 148 cm³/mol. The summed E-state index contributed by atoms with van der Waals surface area (Å²) in [6, 6.07) is 12.5. The van der Waals surface area contributed by atoms with Gasteiger partial charge in [-0.25, -0.2) is 0 Å². The van der Waals surface area contributed by atoms with Crippen molar-refractivity contribution in [1.82, 2.24) is 15.2 Å². The van der Waals surface area contributed by atoms with Crippen LogP contribution >= 0.6 is 11.6 Å². The number of nitrogens with one attached hydrogen (secondary N) is 1. The zero-order chi connectivity index (χ0) is 28.4. The predicted octanol–water partition coefficient (Wildman–Crippen LogP) is 6.30. The zero-order valence-electron chi connectivity index (χ0n) is 22.0. The minimum Gasteiger partial charge on any atom is -0.371 e. The van der Waals surface area contributed by atoms with E-state index in [9.17, 15) is 22.8 Å². The molecule has 40 heavy (non-hydrogen) atoms. The number of carbonyl (C=O) groups is 2. The Morgan fingerprint density at radius 1 is 1.05 bits per heavy atom. The molecular formula is C30H30ClF3N4O2. The van der Waals surface area contributed by atoms with E-state index in [1.165, 1.54) is 12.1 Å². The molecule has 2 aliphatic rings. The van der Waals surface area contributed by atoms with Crippen LogP contribution in [-0.4, -0.2) is 47.9 Å². The maximum atomic E-state index is 13.5. The highest BCUT2D eigenvalue weighted by atomic mass is 35.5. The number of halogens is 4. The molecule has 0 saturated carbocycles. The molecule has 3 aromatic rings. The second kappa shape index (κ2) is 11.5. The second-order valence-electron chi connectivity index (χ2n) is 10.3. The largest absolute Gasteiger partial charge is 0.417 e. The summed E-state index contributed by atoms with van der Waals surface area (Å²) >= 11 is 5.99. The maximum Gasteiger partial charge on any atom is 0.417 e. The summed E-state index contributed by atoms with van der Waals surface area (Å²) in [5.74, 6) is -0.773. The molecule has 1 unspecified atom stereocenters. The summed E-state index contributed by atoms with van der Waals surface area (Å²) in [6.45, 7) is 1.67. The number of anilines is 1. The summed E-state index contributed by atoms with van der Waals surface area (Å²) in [7, 11) is 1.82. The fourth-order valence-electron chi connectivity index (χ4n) is 5.68. The van der Waals surface area contributed by atoms with Crippen molar-refractivity contribution in [3.8, 4) is 0 Å². The molecule has 1 N–H and O–H groups in total. The minimum atomic E-state index is -4.66. The molecule has 1 atom stereocenters. The van der Waals surface area contributed by atoms with Crippen LogP contribution in [0, 0.1) is 0 Å². The Hall–Kier alpha value is -3.59. The van der Waals surface area contributed by atoms with Gasteiger partial charge in [-0.3, -0.25) is 14.6 Å². The van der Waals surface area contributed by atoms with Crippen LogP contribution in [0.25, 0.3) is 0 Å². The number of amides is 2. The lowest BCUT2D eigenvalue weighted by molar-refractivity contribution is -0.137. The summed E-state index contributed by atoms with van der Waals surface area (Å²) < 4.78 is 39.9. The molecule has 5 rings (SSSR count). The smallest absolute Gasteiger partial charge is 0.371 e. The number of hydrogen-bond donors (Lipinski definition) is 1. The van der Waals surface area contributed by atoms with E-state index in [1.807, 2.05) is 37.4 Å². The first-order chi connectivity index (χ1) is 19.1. The molecule has 1 aliphatic carbocycles. The van der Waals surface area contributed by atoms with E-state index in [-0.39, 0.29) is 17.5 Å². The molecule has 2 aromatic carbocycles. The molecular weight excluding hydrogens is 541 g/mol. The number of benzene rings is 2. The quantitative estimate of drug-likeness (QED) is 0.391. The van der Waals surface area contributed by atoms with Gasteiger partial charge in [0, 0.05) is 49.8 Å². The molecule has 2 heterocycles. The van der Waals surface area contributed by atoms with Gasteiger partial charge in [-0.15, -0.1) is 0 Å². The van der Waals surface area contributed by atoms with E-state index in [0.717, 1.165) is 61.7 Å². The molecule has 0 spiro atoms. The van der Waals surface area contributed by atoms with E-state index >= 15 is 0 Å². The number of hydrogen-bond acceptors (Lipinski definition) is 4. The van der Waals surface area contributed by atoms with Crippen LogP contribution in [0.3, 0.4) is 0 Å². The fraction of sp³-hybridized carbons (Fsp3) is 0.367. The zero-order valence-corrected chi connectivity index (χ0v) is 22.8. The van der Waals surface area contributed by atoms with Crippen molar-refractivity contribution < 1.29 is 22.8 Å². The molecule has 1 aliphatic heterocycles. The number of alkyl halides is 3. The Balaban J connectivity index is 1.29. The molecule has 0 bridgehead atoms. The Morgan fingerprint density at radius 2 is 1.77 bits per heavy atom. The van der Waals surface area contributed by atoms with Crippen molar-refractivity contribution in [2.75, 3.05) is 25.0 Å². The maximum absolute atomic E-state index is 13.5. The Labute approximate surface area is 236 Å². The molecule has 2 amide bonds. The number of aromatic nitrogens is 1. The van der Waals surface area contributed by atoms with E-state index < -0.39 is 28.7 Å². The van der Waals surface area contributed by atoms with Gasteiger partial charge in [0.05, 0.1) is 22.2 Å². The normalized spacial score (nSPS) is 17.7. The third-order valence-corrected chi connectivity index (χ3v) is 8.33. The van der Waals surface area contributed by atoms with Gasteiger partial charge in [-0.1, -0.05) is 23.7 Å². The first-order valence-electron chi connectivity index (χ1n) is 13.3. The Bertz CT molecular complexity index is 1390. The lowest BCUT2D eigenvalue weighted by Crippen LogP contribution is -2.45. The van der Waals surface area contributed by atoms with E-state index in [1.54, 1.807) is 17.3 Å². The van der Waals surface area contributed by atoms with Crippen molar-refractivity contribution >= 4 is 29.1 Å². The Kier molecular flexibility index (Phi) is 8.03. The van der Waals surface area contributed by atoms with E-state index in [2.05, 4.69) is 15.2 Å². The van der Waals surface area contributed by atoms with Gasteiger partial charge in [-0.05, 0) is 79.6 Å². The molecule has 10 heteroatoms. The lowest BCUT2D eigenvalue weighted by Gasteiger charge is -2.38. The number of piperidine rings is 1. The van der Waals surface area contributed by atoms with Crippen LogP contribution in [0.15, 0.2) is 60.9 Å². The molecule has 210 valence electrons. The molecule has 1 fully saturated rings. The monoisotopic (exact) mass is 570 g/mol. The number of pyridine rings is 1. The van der Waals surface area contributed by atoms with Crippen molar-refractivity contribution in [3.05, 3.63) is 93.8 Å². The summed E-state index contributed by atoms with van der Waals surface area (Å²) in [4.78, 5) is 34.7. The first kappa shape index (κ1) is 28.0. The average molecular weight is 571 g/mol. The van der Waals surface area contributed by atoms with Crippen LogP contribution < -0.4 is 10.2 Å². The van der Waals surface area contributed by atoms with Crippen LogP contribution in [0.2, 0.25) is 5.02 Å². The van der Waals surface area contributed by atoms with Gasteiger partial charge >= 0.3 is 6.18 Å². The van der Waals surface area contributed by atoms with Gasteiger partial charge in [0.25, 0.3) is 11.8 Å². The van der Waals surface area contributed by atoms with Crippen LogP contribution in [0.4, 0.5) is 18.9 Å². The highest BCUT2D eigenvalue weighted by Crippen LogP contribution is 2.37. The summed E-state index contributed by atoms with van der Waals surface area (Å²) in [6.07, 6.45) is 2.77. The van der Waals surface area contributed by atoms with Crippen LogP contribution in [-0.2, 0) is 12.6 Å². The third kappa shape index (κ3) is 5.80. The molecule has 0 radical (unpaired) electrons. The van der Waals surface area contributed by atoms with Crippen molar-refractivity contribution in [2.24, 2.45) is 0 Å². The number of aryl methyl sites for hydroxylation is 1. The molecule has 6 nitrogen and oxygen atoms in total. The van der Waals surface area contributed by atoms with Crippen LogP contribution in [0.5, 0.6) is 0 Å². The summed E-state index contributed by atoms with van der Waals surface area (Å²) in [5.41, 5.74) is 2.20. The lowest BCUT2D eigenvalue weighted by atomic mass is 9.86. The number of rotatable bonds is 5. The second-order valence-corrected chi connectivity index (χ2v) is 10.7. The highest BCUT2D eigenvalue weighted by molar-refractivity contribution is 6.34. The first-order valence-corrected chi connectivity index (χ1v) is 13.7. The van der Waals surface area contributed by atoms with Crippen molar-refractivity contribution in [3.63, 3.8) is 0 Å². The summed E-state index contributed by atoms with van der Waals surface area (Å²) in [5, 5.41) is 2.24.